The van der Waals surface area contributed by atoms with Crippen LogP contribution in [0.1, 0.15) is 22.5 Å². The maximum atomic E-state index is 11.8. The van der Waals surface area contributed by atoms with Crippen molar-refractivity contribution >= 4 is 5.82 Å². The van der Waals surface area contributed by atoms with Crippen LogP contribution in [0.4, 0.5) is 5.82 Å². The quantitative estimate of drug-likeness (QED) is 0.862. The van der Waals surface area contributed by atoms with E-state index < -0.39 is 0 Å². The summed E-state index contributed by atoms with van der Waals surface area (Å²) in [6, 6.07) is 3.81. The zero-order valence-corrected chi connectivity index (χ0v) is 10.7. The molecule has 5 heteroatoms. The third-order valence-electron chi connectivity index (χ3n) is 2.74. The van der Waals surface area contributed by atoms with Crippen molar-refractivity contribution in [2.24, 2.45) is 0 Å². The average molecular weight is 244 g/mol. The fourth-order valence-electron chi connectivity index (χ4n) is 1.83. The van der Waals surface area contributed by atoms with Gasteiger partial charge in [-0.25, -0.2) is 9.97 Å². The lowest BCUT2D eigenvalue weighted by atomic mass is 10.1. The van der Waals surface area contributed by atoms with Crippen LogP contribution in [0.5, 0.6) is 0 Å². The van der Waals surface area contributed by atoms with Crippen LogP contribution in [0, 0.1) is 20.8 Å². The molecule has 0 fully saturated rings. The molecule has 2 rings (SSSR count). The van der Waals surface area contributed by atoms with Crippen LogP contribution >= 0.6 is 0 Å². The number of pyridine rings is 1. The molecule has 5 nitrogen and oxygen atoms in total. The number of aromatic nitrogens is 3. The van der Waals surface area contributed by atoms with E-state index in [4.69, 9.17) is 0 Å². The number of hydrogen-bond donors (Lipinski definition) is 2. The first kappa shape index (κ1) is 12.3. The van der Waals surface area contributed by atoms with Gasteiger partial charge < -0.3 is 10.3 Å². The van der Waals surface area contributed by atoms with E-state index in [0.29, 0.717) is 6.54 Å². The molecule has 0 aliphatic heterocycles. The van der Waals surface area contributed by atoms with Gasteiger partial charge in [0.2, 0.25) is 0 Å². The van der Waals surface area contributed by atoms with Crippen molar-refractivity contribution in [3.8, 4) is 0 Å². The van der Waals surface area contributed by atoms with Crippen LogP contribution in [0.15, 0.2) is 23.3 Å². The van der Waals surface area contributed by atoms with Gasteiger partial charge in [0.05, 0.1) is 0 Å². The summed E-state index contributed by atoms with van der Waals surface area (Å²) in [6.07, 6.45) is 1.50. The Labute approximate surface area is 105 Å². The highest BCUT2D eigenvalue weighted by Gasteiger charge is 2.05. The molecule has 0 aliphatic carbocycles. The Morgan fingerprint density at radius 2 is 2.00 bits per heavy atom. The van der Waals surface area contributed by atoms with Gasteiger partial charge in [-0.3, -0.25) is 4.79 Å². The molecule has 0 unspecified atom stereocenters. The highest BCUT2D eigenvalue weighted by molar-refractivity contribution is 5.37. The van der Waals surface area contributed by atoms with Crippen molar-refractivity contribution in [1.82, 2.24) is 15.0 Å². The first-order valence-corrected chi connectivity index (χ1v) is 5.78. The lowest BCUT2D eigenvalue weighted by molar-refractivity contribution is 0.994. The maximum Gasteiger partial charge on any atom is 0.253 e. The van der Waals surface area contributed by atoms with E-state index in [1.54, 1.807) is 0 Å². The Hall–Kier alpha value is -2.17. The Kier molecular flexibility index (Phi) is 3.41. The molecule has 0 radical (unpaired) electrons. The van der Waals surface area contributed by atoms with Gasteiger partial charge in [-0.05, 0) is 32.4 Å². The third kappa shape index (κ3) is 2.74. The van der Waals surface area contributed by atoms with Gasteiger partial charge in [-0.1, -0.05) is 0 Å². The Morgan fingerprint density at radius 3 is 2.67 bits per heavy atom. The topological polar surface area (TPSA) is 70.7 Å². The molecule has 2 aromatic rings. The minimum atomic E-state index is -0.0502. The Bertz CT molecular complexity index is 619. The highest BCUT2D eigenvalue weighted by atomic mass is 16.1. The lowest BCUT2D eigenvalue weighted by Gasteiger charge is -2.08. The summed E-state index contributed by atoms with van der Waals surface area (Å²) in [7, 11) is 0. The molecule has 0 bridgehead atoms. The number of nitrogens with one attached hydrogen (secondary N) is 2. The summed E-state index contributed by atoms with van der Waals surface area (Å²) in [6.45, 7) is 6.17. The van der Waals surface area contributed by atoms with Crippen LogP contribution in [-0.2, 0) is 6.54 Å². The van der Waals surface area contributed by atoms with Crippen LogP contribution in [0.25, 0.3) is 0 Å². The molecule has 2 N–H and O–H groups in total. The van der Waals surface area contributed by atoms with Crippen LogP contribution < -0.4 is 10.9 Å². The van der Waals surface area contributed by atoms with E-state index in [2.05, 4.69) is 20.3 Å². The monoisotopic (exact) mass is 244 g/mol. The van der Waals surface area contributed by atoms with Gasteiger partial charge >= 0.3 is 0 Å². The van der Waals surface area contributed by atoms with Gasteiger partial charge in [0.15, 0.2) is 0 Å². The molecule has 2 aromatic heterocycles. The third-order valence-corrected chi connectivity index (χ3v) is 2.74. The van der Waals surface area contributed by atoms with Crippen LogP contribution in [-0.4, -0.2) is 15.0 Å². The molecule has 0 saturated heterocycles. The van der Waals surface area contributed by atoms with Crippen molar-refractivity contribution in [3.63, 3.8) is 0 Å². The lowest BCUT2D eigenvalue weighted by Crippen LogP contribution is -2.18. The van der Waals surface area contributed by atoms with Gasteiger partial charge in [0, 0.05) is 29.6 Å². The van der Waals surface area contributed by atoms with E-state index in [1.165, 1.54) is 6.33 Å². The van der Waals surface area contributed by atoms with Crippen molar-refractivity contribution in [1.29, 1.82) is 0 Å². The summed E-state index contributed by atoms with van der Waals surface area (Å²) in [5, 5.41) is 3.13. The largest absolute Gasteiger partial charge is 0.366 e. The fraction of sp³-hybridized carbons (Fsp3) is 0.308. The number of H-pyrrole nitrogens is 1. The summed E-state index contributed by atoms with van der Waals surface area (Å²) in [5.74, 6) is 0.724. The second-order valence-corrected chi connectivity index (χ2v) is 4.34. The summed E-state index contributed by atoms with van der Waals surface area (Å²) < 4.78 is 0. The van der Waals surface area contributed by atoms with E-state index in [9.17, 15) is 4.79 Å². The van der Waals surface area contributed by atoms with E-state index in [1.807, 2.05) is 32.9 Å². The summed E-state index contributed by atoms with van der Waals surface area (Å²) in [5.41, 5.74) is 3.43. The minimum absolute atomic E-state index is 0.0502. The second kappa shape index (κ2) is 5.00. The van der Waals surface area contributed by atoms with Gasteiger partial charge in [0.1, 0.15) is 12.1 Å². The van der Waals surface area contributed by atoms with Gasteiger partial charge in [-0.2, -0.15) is 0 Å². The molecule has 2 heterocycles. The molecule has 0 spiro atoms. The maximum absolute atomic E-state index is 11.8. The number of hydrogen-bond acceptors (Lipinski definition) is 4. The van der Waals surface area contributed by atoms with Crippen LogP contribution in [0.2, 0.25) is 0 Å². The first-order valence-electron chi connectivity index (χ1n) is 5.78. The zero-order chi connectivity index (χ0) is 13.1. The Balaban J connectivity index is 2.18. The van der Waals surface area contributed by atoms with E-state index in [0.717, 1.165) is 28.3 Å². The first-order chi connectivity index (χ1) is 8.56. The standard InChI is InChI=1S/C13H16N4O/c1-8-4-10(3)17-13(18)11(8)6-14-12-5-9(2)15-7-16-12/h4-5,7H,6H2,1-3H3,(H,17,18)(H,14,15,16). The number of aryl methyl sites for hydroxylation is 3. The van der Waals surface area contributed by atoms with Gasteiger partial charge in [-0.15, -0.1) is 0 Å². The van der Waals surface area contributed by atoms with Crippen molar-refractivity contribution in [2.75, 3.05) is 5.32 Å². The van der Waals surface area contributed by atoms with Gasteiger partial charge in [0.25, 0.3) is 5.56 Å². The van der Waals surface area contributed by atoms with Crippen molar-refractivity contribution in [2.45, 2.75) is 27.3 Å². The average Bonchev–Trinajstić information content (AvgIpc) is 2.27. The molecule has 0 atom stereocenters. The molecular weight excluding hydrogens is 228 g/mol. The SMILES string of the molecule is Cc1cc(NCc2c(C)cc(C)[nH]c2=O)ncn1. The molecular formula is C13H16N4O. The fourth-order valence-corrected chi connectivity index (χ4v) is 1.83. The number of rotatable bonds is 3. The minimum Gasteiger partial charge on any atom is -0.366 e. The van der Waals surface area contributed by atoms with Crippen LogP contribution in [0.3, 0.4) is 0 Å². The molecule has 0 aromatic carbocycles. The normalized spacial score (nSPS) is 10.4. The molecule has 0 amide bonds. The zero-order valence-electron chi connectivity index (χ0n) is 10.7. The van der Waals surface area contributed by atoms with E-state index in [-0.39, 0.29) is 5.56 Å². The summed E-state index contributed by atoms with van der Waals surface area (Å²) in [4.78, 5) is 22.7. The smallest absolute Gasteiger partial charge is 0.253 e. The molecule has 94 valence electrons. The molecule has 0 aliphatic rings. The van der Waals surface area contributed by atoms with Crippen molar-refractivity contribution in [3.05, 3.63) is 51.3 Å². The highest BCUT2D eigenvalue weighted by Crippen LogP contribution is 2.07. The predicted octanol–water partition coefficient (Wildman–Crippen LogP) is 1.70. The molecule has 0 saturated carbocycles. The number of nitrogens with zero attached hydrogens (tertiary/aromatic N) is 2. The number of aromatic amines is 1. The summed E-state index contributed by atoms with van der Waals surface area (Å²) >= 11 is 0. The Morgan fingerprint density at radius 1 is 1.22 bits per heavy atom. The van der Waals surface area contributed by atoms with E-state index >= 15 is 0 Å². The number of anilines is 1. The van der Waals surface area contributed by atoms with Crippen molar-refractivity contribution < 1.29 is 0 Å². The molecule has 18 heavy (non-hydrogen) atoms. The predicted molar refractivity (Wildman–Crippen MR) is 70.6 cm³/mol. The second-order valence-electron chi connectivity index (χ2n) is 4.34.